The lowest BCUT2D eigenvalue weighted by Crippen LogP contribution is -2.29. The third-order valence-corrected chi connectivity index (χ3v) is 3.55. The van der Waals surface area contributed by atoms with E-state index in [1.54, 1.807) is 7.11 Å². The summed E-state index contributed by atoms with van der Waals surface area (Å²) in [6.45, 7) is 1.87. The molecule has 0 saturated heterocycles. The zero-order chi connectivity index (χ0) is 18.7. The number of carboxylic acid groups (broad SMARTS) is 2. The van der Waals surface area contributed by atoms with Crippen molar-refractivity contribution in [1.29, 1.82) is 0 Å². The first kappa shape index (κ1) is 20.6. The molecule has 0 saturated carbocycles. The normalized spacial score (nSPS) is 11.9. The summed E-state index contributed by atoms with van der Waals surface area (Å²) >= 11 is 0. The number of fused-ring (bicyclic) bond motifs is 1. The molecule has 1 aromatic rings. The van der Waals surface area contributed by atoms with Crippen molar-refractivity contribution in [3.8, 4) is 0 Å². The molecule has 2 rings (SSSR count). The lowest BCUT2D eigenvalue weighted by Gasteiger charge is -2.08. The molecule has 0 bridgehead atoms. The number of carbonyl (C=O) groups excluding carboxylic acids is 1. The molecular formula is C17H24N2O6. The molecule has 138 valence electrons. The van der Waals surface area contributed by atoms with Crippen molar-refractivity contribution in [1.82, 2.24) is 5.32 Å². The summed E-state index contributed by atoms with van der Waals surface area (Å²) < 4.78 is 4.95. The van der Waals surface area contributed by atoms with Crippen LogP contribution in [0.5, 0.6) is 0 Å². The van der Waals surface area contributed by atoms with Crippen molar-refractivity contribution >= 4 is 23.5 Å². The number of hydrogen-bond acceptors (Lipinski definition) is 5. The Bertz CT molecular complexity index is 591. The lowest BCUT2D eigenvalue weighted by atomic mass is 10.1. The number of benzene rings is 1. The predicted molar refractivity (Wildman–Crippen MR) is 91.7 cm³/mol. The van der Waals surface area contributed by atoms with Crippen LogP contribution in [0, 0.1) is 0 Å². The maximum atomic E-state index is 11.7. The Morgan fingerprint density at radius 1 is 1.12 bits per heavy atom. The van der Waals surface area contributed by atoms with Gasteiger partial charge in [-0.3, -0.25) is 4.79 Å². The van der Waals surface area contributed by atoms with E-state index in [0.717, 1.165) is 31.7 Å². The van der Waals surface area contributed by atoms with Crippen LogP contribution >= 0.6 is 0 Å². The van der Waals surface area contributed by atoms with Gasteiger partial charge in [0, 0.05) is 19.4 Å². The maximum absolute atomic E-state index is 11.7. The van der Waals surface area contributed by atoms with E-state index in [9.17, 15) is 4.79 Å². The first-order valence-electron chi connectivity index (χ1n) is 8.01. The van der Waals surface area contributed by atoms with Gasteiger partial charge < -0.3 is 25.6 Å². The zero-order valence-corrected chi connectivity index (χ0v) is 14.2. The molecule has 0 heterocycles. The first-order valence-corrected chi connectivity index (χ1v) is 8.01. The molecule has 1 aromatic carbocycles. The molecule has 25 heavy (non-hydrogen) atoms. The van der Waals surface area contributed by atoms with E-state index in [0.29, 0.717) is 6.54 Å². The van der Waals surface area contributed by atoms with Crippen LogP contribution in [0.4, 0.5) is 5.69 Å². The Hall–Kier alpha value is -2.45. The topological polar surface area (TPSA) is 125 Å². The largest absolute Gasteiger partial charge is 0.473 e. The number of aryl methyl sites for hydroxylation is 2. The average molecular weight is 352 g/mol. The number of carbonyl (C=O) groups is 3. The second-order valence-corrected chi connectivity index (χ2v) is 5.52. The fourth-order valence-corrected chi connectivity index (χ4v) is 2.40. The quantitative estimate of drug-likeness (QED) is 0.424. The molecular weight excluding hydrogens is 328 g/mol. The summed E-state index contributed by atoms with van der Waals surface area (Å²) in [7, 11) is 1.68. The van der Waals surface area contributed by atoms with E-state index in [1.807, 2.05) is 6.07 Å². The van der Waals surface area contributed by atoms with Gasteiger partial charge >= 0.3 is 11.9 Å². The first-order chi connectivity index (χ1) is 11.9. The molecule has 0 unspecified atom stereocenters. The average Bonchev–Trinajstić information content (AvgIpc) is 3.03. The fourth-order valence-electron chi connectivity index (χ4n) is 2.40. The van der Waals surface area contributed by atoms with Crippen molar-refractivity contribution in [2.75, 3.05) is 32.1 Å². The number of methoxy groups -OCH3 is 1. The number of ether oxygens (including phenoxy) is 1. The number of nitrogens with one attached hydrogen (secondary N) is 2. The third-order valence-electron chi connectivity index (χ3n) is 3.55. The molecule has 4 N–H and O–H groups in total. The van der Waals surface area contributed by atoms with Crippen LogP contribution in [0.3, 0.4) is 0 Å². The summed E-state index contributed by atoms with van der Waals surface area (Å²) in [5, 5.41) is 20.8. The predicted octanol–water partition coefficient (Wildman–Crippen LogP) is 0.896. The summed E-state index contributed by atoms with van der Waals surface area (Å²) in [5.41, 5.74) is 3.71. The van der Waals surface area contributed by atoms with Crippen molar-refractivity contribution in [3.63, 3.8) is 0 Å². The van der Waals surface area contributed by atoms with Gasteiger partial charge in [0.1, 0.15) is 0 Å². The zero-order valence-electron chi connectivity index (χ0n) is 14.2. The van der Waals surface area contributed by atoms with E-state index in [-0.39, 0.29) is 5.91 Å². The Labute approximate surface area is 146 Å². The number of hydrogen-bond donors (Lipinski definition) is 4. The highest BCUT2D eigenvalue weighted by atomic mass is 16.5. The molecule has 0 aliphatic heterocycles. The monoisotopic (exact) mass is 352 g/mol. The summed E-state index contributed by atoms with van der Waals surface area (Å²) in [6, 6.07) is 6.22. The van der Waals surface area contributed by atoms with Crippen molar-refractivity contribution < 1.29 is 29.3 Å². The number of aliphatic carboxylic acids is 2. The SMILES string of the molecule is COCCCNCC(=O)Nc1ccc2c(c1)CCC2.O=C(O)C(=O)O. The van der Waals surface area contributed by atoms with E-state index in [2.05, 4.69) is 22.8 Å². The highest BCUT2D eigenvalue weighted by Gasteiger charge is 2.11. The van der Waals surface area contributed by atoms with Crippen molar-refractivity contribution in [3.05, 3.63) is 29.3 Å². The molecule has 0 atom stereocenters. The number of amides is 1. The maximum Gasteiger partial charge on any atom is 0.414 e. The van der Waals surface area contributed by atoms with Gasteiger partial charge in [-0.2, -0.15) is 0 Å². The van der Waals surface area contributed by atoms with Crippen molar-refractivity contribution in [2.24, 2.45) is 0 Å². The summed E-state index contributed by atoms with van der Waals surface area (Å²) in [4.78, 5) is 29.9. The Balaban J connectivity index is 0.000000450. The Morgan fingerprint density at radius 2 is 1.80 bits per heavy atom. The van der Waals surface area contributed by atoms with Gasteiger partial charge in [-0.05, 0) is 55.5 Å². The minimum atomic E-state index is -1.82. The molecule has 0 spiro atoms. The van der Waals surface area contributed by atoms with Crippen LogP contribution in [0.25, 0.3) is 0 Å². The van der Waals surface area contributed by atoms with Crippen molar-refractivity contribution in [2.45, 2.75) is 25.7 Å². The van der Waals surface area contributed by atoms with Gasteiger partial charge in [0.05, 0.1) is 6.54 Å². The second-order valence-electron chi connectivity index (χ2n) is 5.52. The molecule has 8 nitrogen and oxygen atoms in total. The molecule has 1 aliphatic carbocycles. The minimum absolute atomic E-state index is 0.00960. The molecule has 0 radical (unpaired) electrons. The molecule has 1 amide bonds. The standard InChI is InChI=1S/C15H22N2O2.C2H2O4/c1-19-9-3-8-16-11-15(18)17-14-7-6-12-4-2-5-13(12)10-14;3-1(4)2(5)6/h6-7,10,16H,2-5,8-9,11H2,1H3,(H,17,18);(H,3,4)(H,5,6). The van der Waals surface area contributed by atoms with Gasteiger partial charge in [0.25, 0.3) is 0 Å². The number of carboxylic acids is 2. The fraction of sp³-hybridized carbons (Fsp3) is 0.471. The van der Waals surface area contributed by atoms with Gasteiger partial charge in [-0.25, -0.2) is 9.59 Å². The van der Waals surface area contributed by atoms with Crippen LogP contribution in [-0.2, 0) is 32.0 Å². The summed E-state index contributed by atoms with van der Waals surface area (Å²) in [5.74, 6) is -3.64. The van der Waals surface area contributed by atoms with E-state index in [4.69, 9.17) is 24.5 Å². The van der Waals surface area contributed by atoms with Crippen LogP contribution in [0.2, 0.25) is 0 Å². The van der Waals surface area contributed by atoms with Crippen LogP contribution in [0.15, 0.2) is 18.2 Å². The highest BCUT2D eigenvalue weighted by molar-refractivity contribution is 6.27. The van der Waals surface area contributed by atoms with Crippen LogP contribution in [-0.4, -0.2) is 54.9 Å². The number of anilines is 1. The lowest BCUT2D eigenvalue weighted by molar-refractivity contribution is -0.159. The molecule has 8 heteroatoms. The second kappa shape index (κ2) is 11.2. The Kier molecular flexibility index (Phi) is 9.20. The van der Waals surface area contributed by atoms with Gasteiger partial charge in [0.2, 0.25) is 5.91 Å². The summed E-state index contributed by atoms with van der Waals surface area (Å²) in [6.07, 6.45) is 4.45. The molecule has 0 fully saturated rings. The minimum Gasteiger partial charge on any atom is -0.473 e. The highest BCUT2D eigenvalue weighted by Crippen LogP contribution is 2.24. The van der Waals surface area contributed by atoms with E-state index >= 15 is 0 Å². The van der Waals surface area contributed by atoms with Crippen LogP contribution < -0.4 is 10.6 Å². The van der Waals surface area contributed by atoms with Gasteiger partial charge in [0.15, 0.2) is 0 Å². The van der Waals surface area contributed by atoms with E-state index in [1.165, 1.54) is 24.0 Å². The van der Waals surface area contributed by atoms with Crippen LogP contribution in [0.1, 0.15) is 24.0 Å². The van der Waals surface area contributed by atoms with E-state index < -0.39 is 11.9 Å². The molecule has 0 aromatic heterocycles. The number of rotatable bonds is 7. The Morgan fingerprint density at radius 3 is 2.44 bits per heavy atom. The van der Waals surface area contributed by atoms with Gasteiger partial charge in [-0.15, -0.1) is 0 Å². The smallest absolute Gasteiger partial charge is 0.414 e. The van der Waals surface area contributed by atoms with Gasteiger partial charge in [-0.1, -0.05) is 6.07 Å². The third kappa shape index (κ3) is 8.27. The molecule has 1 aliphatic rings.